The molecule has 2 aliphatic heterocycles. The number of aryl methyl sites for hydroxylation is 1. The van der Waals surface area contributed by atoms with Gasteiger partial charge in [0.05, 0.1) is 5.69 Å². The van der Waals surface area contributed by atoms with Crippen molar-refractivity contribution < 1.29 is 14.4 Å². The number of nitrogens with zero attached hydrogens (tertiary/aromatic N) is 1. The molecule has 1 atom stereocenters. The van der Waals surface area contributed by atoms with Crippen molar-refractivity contribution in [2.24, 2.45) is 5.92 Å². The number of benzene rings is 2. The molecule has 1 saturated heterocycles. The smallest absolute Gasteiger partial charge is 0.247 e. The van der Waals surface area contributed by atoms with E-state index in [1.807, 2.05) is 48.5 Å². The molecule has 156 valence electrons. The Kier molecular flexibility index (Phi) is 6.08. The maximum absolute atomic E-state index is 12.9. The van der Waals surface area contributed by atoms with Gasteiger partial charge in [-0.2, -0.15) is 0 Å². The Bertz CT molecular complexity index is 952. The number of anilines is 2. The van der Waals surface area contributed by atoms with E-state index in [0.29, 0.717) is 25.9 Å². The summed E-state index contributed by atoms with van der Waals surface area (Å²) in [5.41, 5.74) is 2.77. The second kappa shape index (κ2) is 8.92. The SMILES string of the molecule is CCc1ccc(NC(=O)C2CCN(C(=O)[C@@H]3Sc4ccccc4NC3=O)CC2)cc1. The van der Waals surface area contributed by atoms with E-state index in [1.165, 1.54) is 17.3 Å². The fraction of sp³-hybridized carbons (Fsp3) is 0.348. The van der Waals surface area contributed by atoms with Crippen molar-refractivity contribution in [3.8, 4) is 0 Å². The Balaban J connectivity index is 1.32. The molecule has 0 spiro atoms. The molecule has 4 rings (SSSR count). The molecule has 0 radical (unpaired) electrons. The van der Waals surface area contributed by atoms with E-state index in [2.05, 4.69) is 17.6 Å². The van der Waals surface area contributed by atoms with Crippen LogP contribution < -0.4 is 10.6 Å². The van der Waals surface area contributed by atoms with Crippen molar-refractivity contribution in [2.45, 2.75) is 36.3 Å². The molecule has 2 aromatic rings. The summed E-state index contributed by atoms with van der Waals surface area (Å²) in [5.74, 6) is -0.598. The highest BCUT2D eigenvalue weighted by Gasteiger charge is 2.37. The average molecular weight is 424 g/mol. The van der Waals surface area contributed by atoms with Gasteiger partial charge >= 0.3 is 0 Å². The van der Waals surface area contributed by atoms with Crippen LogP contribution in [-0.2, 0) is 20.8 Å². The molecule has 30 heavy (non-hydrogen) atoms. The lowest BCUT2D eigenvalue weighted by atomic mass is 9.95. The van der Waals surface area contributed by atoms with Crippen molar-refractivity contribution in [2.75, 3.05) is 23.7 Å². The first-order valence-corrected chi connectivity index (χ1v) is 11.2. The fourth-order valence-corrected chi connectivity index (χ4v) is 4.88. The van der Waals surface area contributed by atoms with Crippen molar-refractivity contribution >= 4 is 40.9 Å². The Morgan fingerprint density at radius 2 is 1.80 bits per heavy atom. The first-order chi connectivity index (χ1) is 14.5. The maximum Gasteiger partial charge on any atom is 0.247 e. The highest BCUT2D eigenvalue weighted by atomic mass is 32.2. The molecular weight excluding hydrogens is 398 g/mol. The Hall–Kier alpha value is -2.80. The Labute approximate surface area is 180 Å². The van der Waals surface area contributed by atoms with Crippen LogP contribution in [0.25, 0.3) is 0 Å². The van der Waals surface area contributed by atoms with Crippen LogP contribution in [0.15, 0.2) is 53.4 Å². The van der Waals surface area contributed by atoms with Gasteiger partial charge in [-0.15, -0.1) is 11.8 Å². The van der Waals surface area contributed by atoms with Gasteiger partial charge in [-0.25, -0.2) is 0 Å². The second-order valence-electron chi connectivity index (χ2n) is 7.62. The van der Waals surface area contributed by atoms with Gasteiger partial charge in [0.15, 0.2) is 5.25 Å². The van der Waals surface area contributed by atoms with E-state index in [4.69, 9.17) is 0 Å². The summed E-state index contributed by atoms with van der Waals surface area (Å²) in [6.07, 6.45) is 2.16. The Morgan fingerprint density at radius 1 is 1.10 bits per heavy atom. The lowest BCUT2D eigenvalue weighted by molar-refractivity contribution is -0.136. The van der Waals surface area contributed by atoms with E-state index in [0.717, 1.165) is 22.7 Å². The molecule has 7 heteroatoms. The van der Waals surface area contributed by atoms with Crippen molar-refractivity contribution in [3.05, 3.63) is 54.1 Å². The quantitative estimate of drug-likeness (QED) is 0.738. The number of piperidine rings is 1. The topological polar surface area (TPSA) is 78.5 Å². The zero-order valence-electron chi connectivity index (χ0n) is 16.9. The van der Waals surface area contributed by atoms with E-state index in [-0.39, 0.29) is 23.6 Å². The predicted molar refractivity (Wildman–Crippen MR) is 118 cm³/mol. The van der Waals surface area contributed by atoms with Crippen LogP contribution in [0.4, 0.5) is 11.4 Å². The first kappa shape index (κ1) is 20.5. The van der Waals surface area contributed by atoms with Crippen LogP contribution in [0.5, 0.6) is 0 Å². The molecule has 0 aromatic heterocycles. The highest BCUT2D eigenvalue weighted by molar-refractivity contribution is 8.01. The molecule has 2 N–H and O–H groups in total. The van der Waals surface area contributed by atoms with Gasteiger partial charge in [0.1, 0.15) is 0 Å². The van der Waals surface area contributed by atoms with Gasteiger partial charge in [-0.3, -0.25) is 14.4 Å². The summed E-state index contributed by atoms with van der Waals surface area (Å²) in [4.78, 5) is 40.6. The first-order valence-electron chi connectivity index (χ1n) is 10.3. The molecule has 2 heterocycles. The number of amides is 3. The lowest BCUT2D eigenvalue weighted by Crippen LogP contribution is -2.48. The highest BCUT2D eigenvalue weighted by Crippen LogP contribution is 2.36. The van der Waals surface area contributed by atoms with Crippen LogP contribution in [0.1, 0.15) is 25.3 Å². The minimum Gasteiger partial charge on any atom is -0.341 e. The largest absolute Gasteiger partial charge is 0.341 e. The van der Waals surface area contributed by atoms with Crippen molar-refractivity contribution in [3.63, 3.8) is 0 Å². The fourth-order valence-electron chi connectivity index (χ4n) is 3.81. The normalized spacial score (nSPS) is 19.0. The second-order valence-corrected chi connectivity index (χ2v) is 8.77. The summed E-state index contributed by atoms with van der Waals surface area (Å²) < 4.78 is 0. The number of rotatable bonds is 4. The third-order valence-corrected chi connectivity index (χ3v) is 6.92. The minimum atomic E-state index is -0.776. The molecule has 0 aliphatic carbocycles. The van der Waals surface area contributed by atoms with Gasteiger partial charge in [-0.1, -0.05) is 31.2 Å². The Morgan fingerprint density at radius 3 is 2.50 bits per heavy atom. The number of nitrogens with one attached hydrogen (secondary N) is 2. The summed E-state index contributed by atoms with van der Waals surface area (Å²) in [6.45, 7) is 3.06. The number of thioether (sulfide) groups is 1. The summed E-state index contributed by atoms with van der Waals surface area (Å²) in [5, 5.41) is 5.02. The molecule has 0 unspecified atom stereocenters. The summed E-state index contributed by atoms with van der Waals surface area (Å²) in [7, 11) is 0. The monoisotopic (exact) mass is 423 g/mol. The number of likely N-dealkylation sites (tertiary alicyclic amines) is 1. The maximum atomic E-state index is 12.9. The van der Waals surface area contributed by atoms with E-state index in [9.17, 15) is 14.4 Å². The van der Waals surface area contributed by atoms with Crippen LogP contribution in [-0.4, -0.2) is 41.0 Å². The summed E-state index contributed by atoms with van der Waals surface area (Å²) >= 11 is 1.30. The predicted octanol–water partition coefficient (Wildman–Crippen LogP) is 3.54. The molecule has 3 amide bonds. The van der Waals surface area contributed by atoms with Crippen LogP contribution >= 0.6 is 11.8 Å². The van der Waals surface area contributed by atoms with Crippen molar-refractivity contribution in [1.29, 1.82) is 0 Å². The van der Waals surface area contributed by atoms with Crippen LogP contribution in [0.3, 0.4) is 0 Å². The van der Waals surface area contributed by atoms with Gasteiger partial charge in [0, 0.05) is 29.6 Å². The number of para-hydroxylation sites is 1. The molecule has 6 nitrogen and oxygen atoms in total. The minimum absolute atomic E-state index is 0.00920. The van der Waals surface area contributed by atoms with Crippen molar-refractivity contribution in [1.82, 2.24) is 4.90 Å². The van der Waals surface area contributed by atoms with Crippen LogP contribution in [0, 0.1) is 5.92 Å². The number of hydrogen-bond donors (Lipinski definition) is 2. The summed E-state index contributed by atoms with van der Waals surface area (Å²) in [6, 6.07) is 15.4. The molecular formula is C23H25N3O3S. The molecule has 0 saturated carbocycles. The zero-order valence-corrected chi connectivity index (χ0v) is 17.7. The number of hydrogen-bond acceptors (Lipinski definition) is 4. The lowest BCUT2D eigenvalue weighted by Gasteiger charge is -2.34. The zero-order chi connectivity index (χ0) is 21.1. The van der Waals surface area contributed by atoms with E-state index < -0.39 is 5.25 Å². The van der Waals surface area contributed by atoms with Gasteiger partial charge in [0.25, 0.3) is 0 Å². The van der Waals surface area contributed by atoms with Gasteiger partial charge in [-0.05, 0) is 49.1 Å². The van der Waals surface area contributed by atoms with Crippen LogP contribution in [0.2, 0.25) is 0 Å². The third-order valence-electron chi connectivity index (χ3n) is 5.66. The van der Waals surface area contributed by atoms with Gasteiger partial charge in [0.2, 0.25) is 17.7 Å². The molecule has 2 aliphatic rings. The van der Waals surface area contributed by atoms with Gasteiger partial charge < -0.3 is 15.5 Å². The number of carbonyl (C=O) groups excluding carboxylic acids is 3. The van der Waals surface area contributed by atoms with E-state index in [1.54, 1.807) is 4.90 Å². The molecule has 0 bridgehead atoms. The number of fused-ring (bicyclic) bond motifs is 1. The average Bonchev–Trinajstić information content (AvgIpc) is 2.78. The molecule has 2 aromatic carbocycles. The molecule has 1 fully saturated rings. The van der Waals surface area contributed by atoms with E-state index >= 15 is 0 Å². The number of carbonyl (C=O) groups is 3. The standard InChI is InChI=1S/C23H25N3O3S/c1-2-15-7-9-17(10-8-15)24-21(27)16-11-13-26(14-12-16)23(29)20-22(28)25-18-5-3-4-6-19(18)30-20/h3-10,16,20H,2,11-14H2,1H3,(H,24,27)(H,25,28)/t20-/m1/s1. The third kappa shape index (κ3) is 4.36.